The van der Waals surface area contributed by atoms with E-state index in [0.717, 1.165) is 38.9 Å². The minimum atomic E-state index is -1.28. The van der Waals surface area contributed by atoms with Gasteiger partial charge in [-0.1, -0.05) is 130 Å². The number of nitrogens with zero attached hydrogens (tertiary/aromatic N) is 4. The van der Waals surface area contributed by atoms with Gasteiger partial charge in [0.2, 0.25) is 5.90 Å². The van der Waals surface area contributed by atoms with Crippen molar-refractivity contribution >= 4 is 217 Å². The summed E-state index contributed by atoms with van der Waals surface area (Å²) in [4.78, 5) is 20.8. The second-order valence-corrected chi connectivity index (χ2v) is 18.9. The second kappa shape index (κ2) is 18.9. The Morgan fingerprint density at radius 2 is 0.840 bits per heavy atom. The van der Waals surface area contributed by atoms with Crippen LogP contribution < -0.4 is 86.7 Å². The molecule has 10 rings (SSSR count). The van der Waals surface area contributed by atoms with Crippen molar-refractivity contribution in [1.29, 1.82) is 0 Å². The van der Waals surface area contributed by atoms with E-state index < -0.39 is 10.8 Å². The average molecular weight is 922 g/mol. The molecule has 75 heavy (non-hydrogen) atoms. The number of rotatable bonds is 7. The molecule has 318 valence electrons. The number of aromatic nitrogens is 3. The lowest BCUT2D eigenvalue weighted by Crippen LogP contribution is -2.56. The van der Waals surface area contributed by atoms with E-state index in [4.69, 9.17) is 149 Å². The average Bonchev–Trinajstić information content (AvgIpc) is 3.80. The first kappa shape index (κ1) is 51.9. The molecule has 0 fully saturated rings. The summed E-state index contributed by atoms with van der Waals surface area (Å²) >= 11 is 0. The van der Waals surface area contributed by atoms with Crippen molar-refractivity contribution < 1.29 is 4.74 Å². The molecule has 0 atom stereocenters. The minimum absolute atomic E-state index is 0.00756. The van der Waals surface area contributed by atoms with Crippen LogP contribution in [0.25, 0.3) is 33.9 Å². The van der Waals surface area contributed by atoms with Gasteiger partial charge < -0.3 is 4.74 Å². The number of aliphatic imine (C=N–C) groups is 1. The van der Waals surface area contributed by atoms with Crippen molar-refractivity contribution in [2.75, 3.05) is 0 Å². The maximum absolute atomic E-state index is 6.74. The Labute approximate surface area is 458 Å². The molecule has 30 radical (unpaired) electrons. The van der Waals surface area contributed by atoms with E-state index >= 15 is 0 Å². The van der Waals surface area contributed by atoms with Crippen LogP contribution in [0.3, 0.4) is 0 Å². The topological polar surface area (TPSA) is 60.3 Å². The van der Waals surface area contributed by atoms with E-state index in [-0.39, 0.29) is 116 Å². The Morgan fingerprint density at radius 1 is 0.467 bits per heavy atom. The van der Waals surface area contributed by atoms with Gasteiger partial charge >= 0.3 is 0 Å². The summed E-state index contributed by atoms with van der Waals surface area (Å²) in [6.07, 6.45) is 0. The van der Waals surface area contributed by atoms with Gasteiger partial charge in [0.25, 0.3) is 0 Å². The molecule has 0 bridgehead atoms. The quantitative estimate of drug-likeness (QED) is 0.150. The molecule has 0 unspecified atom stereocenters. The predicted octanol–water partition coefficient (Wildman–Crippen LogP) is -5.64. The lowest BCUT2D eigenvalue weighted by molar-refractivity contribution is 0.544. The zero-order valence-corrected chi connectivity index (χ0v) is 41.3. The molecular formula is C55H27B15N4O. The Morgan fingerprint density at radius 3 is 1.29 bits per heavy atom. The van der Waals surface area contributed by atoms with Gasteiger partial charge in [0.05, 0.1) is 22.1 Å². The summed E-state index contributed by atoms with van der Waals surface area (Å²) in [7, 11) is 98.0. The van der Waals surface area contributed by atoms with Crippen molar-refractivity contribution in [3.05, 3.63) is 160 Å². The van der Waals surface area contributed by atoms with Gasteiger partial charge in [0.15, 0.2) is 11.6 Å². The van der Waals surface area contributed by atoms with Gasteiger partial charge in [-0.25, -0.2) is 19.9 Å². The highest BCUT2D eigenvalue weighted by Crippen LogP contribution is 2.58. The highest BCUT2D eigenvalue weighted by molar-refractivity contribution is 6.71. The molecule has 8 aromatic rings. The molecule has 7 aromatic carbocycles. The lowest BCUT2D eigenvalue weighted by atomic mass is 9.54. The third kappa shape index (κ3) is 7.57. The minimum Gasteiger partial charge on any atom is -0.438 e. The number of benzene rings is 7. The van der Waals surface area contributed by atoms with Crippen molar-refractivity contribution in [3.63, 3.8) is 0 Å². The van der Waals surface area contributed by atoms with Crippen LogP contribution in [0.5, 0.6) is 5.75 Å². The first-order valence-corrected chi connectivity index (χ1v) is 23.4. The molecule has 2 heterocycles. The summed E-state index contributed by atoms with van der Waals surface area (Å²) in [6.45, 7) is 10.8. The van der Waals surface area contributed by atoms with Crippen LogP contribution in [-0.2, 0) is 10.8 Å². The van der Waals surface area contributed by atoms with Gasteiger partial charge in [0.1, 0.15) is 129 Å². The highest BCUT2D eigenvalue weighted by Gasteiger charge is 2.54. The maximum atomic E-state index is 6.74. The summed E-state index contributed by atoms with van der Waals surface area (Å²) in [6, 6.07) is 31.4. The van der Waals surface area contributed by atoms with Crippen molar-refractivity contribution in [3.8, 4) is 28.5 Å². The van der Waals surface area contributed by atoms with E-state index in [1.807, 2.05) is 112 Å². The highest BCUT2D eigenvalue weighted by atomic mass is 16.5. The number of hydrogen-bond acceptors (Lipinski definition) is 5. The van der Waals surface area contributed by atoms with Gasteiger partial charge in [0, 0.05) is 16.7 Å². The molecule has 0 spiro atoms. The second-order valence-electron chi connectivity index (χ2n) is 18.9. The SMILES string of the molecule is [B]c1c([B])c([B])c(/C(C)=C2/C(=NC(=C)C3(c4ccccc4C)c4ccccc4C(C)(c4nc(-c5c([B])c([B])c([B])c([B])c5[B])nc(-c5c([B])c([B])c([B])c([B])c5[B])n4)c4ccccc43)Oc3ccccc32)c([B])c1[B]. The lowest BCUT2D eigenvalue weighted by Gasteiger charge is -2.48. The van der Waals surface area contributed by atoms with Crippen LogP contribution in [-0.4, -0.2) is 139 Å². The van der Waals surface area contributed by atoms with Crippen molar-refractivity contribution in [2.24, 2.45) is 4.99 Å². The molecule has 1 aliphatic heterocycles. The molecular weight excluding hydrogens is 895 g/mol. The van der Waals surface area contributed by atoms with Crippen LogP contribution in [0.4, 0.5) is 0 Å². The molecule has 1 aliphatic carbocycles. The number of aryl methyl sites for hydroxylation is 1. The summed E-state index contributed by atoms with van der Waals surface area (Å²) in [5, 5.41) is 0. The van der Waals surface area contributed by atoms with Gasteiger partial charge in [-0.2, -0.15) is 0 Å². The molecule has 0 saturated heterocycles. The van der Waals surface area contributed by atoms with E-state index in [0.29, 0.717) is 28.2 Å². The third-order valence-corrected chi connectivity index (χ3v) is 14.9. The number of allylic oxidation sites excluding steroid dienone is 2. The smallest absolute Gasteiger partial charge is 0.227 e. The monoisotopic (exact) mass is 924 g/mol. The summed E-state index contributed by atoms with van der Waals surface area (Å²) < 4.78 is 6.73. The number of hydrogen-bond donors (Lipinski definition) is 0. The first-order chi connectivity index (χ1) is 35.6. The van der Waals surface area contributed by atoms with Crippen molar-refractivity contribution in [1.82, 2.24) is 15.0 Å². The van der Waals surface area contributed by atoms with Crippen LogP contribution in [0.1, 0.15) is 64.2 Å². The molecule has 5 nitrogen and oxygen atoms in total. The third-order valence-electron chi connectivity index (χ3n) is 14.9. The Bertz CT molecular complexity index is 3690. The fraction of sp³-hybridized carbons (Fsp3) is 0.0909. The molecule has 0 saturated carbocycles. The largest absolute Gasteiger partial charge is 0.438 e. The summed E-state index contributed by atoms with van der Waals surface area (Å²) in [5.41, 5.74) is 5.42. The number of ether oxygens (including phenoxy) is 1. The van der Waals surface area contributed by atoms with E-state index in [1.165, 1.54) is 0 Å². The summed E-state index contributed by atoms with van der Waals surface area (Å²) in [5.74, 6) is 0.844. The fourth-order valence-corrected chi connectivity index (χ4v) is 10.8. The van der Waals surface area contributed by atoms with E-state index in [9.17, 15) is 0 Å². The van der Waals surface area contributed by atoms with Crippen LogP contribution in [0, 0.1) is 6.92 Å². The zero-order chi connectivity index (χ0) is 53.9. The van der Waals surface area contributed by atoms with E-state index in [1.54, 1.807) is 0 Å². The Balaban J connectivity index is 1.30. The van der Waals surface area contributed by atoms with Crippen LogP contribution in [0.2, 0.25) is 0 Å². The van der Waals surface area contributed by atoms with Crippen LogP contribution >= 0.6 is 0 Å². The molecule has 1 aromatic heterocycles. The van der Waals surface area contributed by atoms with Gasteiger partial charge in [-0.15, -0.1) is 49.2 Å². The fourth-order valence-electron chi connectivity index (χ4n) is 10.8. The van der Waals surface area contributed by atoms with E-state index in [2.05, 4.69) is 6.07 Å². The molecule has 2 aliphatic rings. The molecule has 0 amide bonds. The standard InChI is InChI=1S/C55H27B15N4O/c1-21-13-5-7-15-25(21)55(23(3)71-52-31(24-14-6-12-20-30(24)75-52)22(2)32-35(56)41(62)47(68)42(63)36(32)57)28-18-10-8-16-26(28)54(4,27-17-9-11-19-29(27)55)53-73-50(33-37(58)43(64)48(69)44(65)38(33)59)72-51(74-53)34-39(60)45(66)49(70)46(67)40(34)61/h5-20H,3H2,1-2,4H3/b31-22+,71-52?. The Hall–Kier alpha value is -6.53. The van der Waals surface area contributed by atoms with Crippen LogP contribution in [0.15, 0.2) is 114 Å². The molecule has 0 N–H and O–H groups in total. The molecule has 20 heteroatoms. The normalized spacial score (nSPS) is 17.7. The van der Waals surface area contributed by atoms with Gasteiger partial charge in [-0.05, 0) is 71.4 Å². The maximum Gasteiger partial charge on any atom is 0.227 e. The van der Waals surface area contributed by atoms with Crippen molar-refractivity contribution in [2.45, 2.75) is 31.6 Å². The first-order valence-electron chi connectivity index (χ1n) is 23.4. The van der Waals surface area contributed by atoms with Gasteiger partial charge in [-0.3, -0.25) is 0 Å². The number of para-hydroxylation sites is 1. The predicted molar refractivity (Wildman–Crippen MR) is 324 cm³/mol. The Kier molecular flexibility index (Phi) is 13.1. The number of fused-ring (bicyclic) bond motifs is 3. The zero-order valence-electron chi connectivity index (χ0n) is 41.3.